The summed E-state index contributed by atoms with van der Waals surface area (Å²) in [5.41, 5.74) is 4.92. The smallest absolute Gasteiger partial charge is 0.272 e. The number of rotatable bonds is 16. The van der Waals surface area contributed by atoms with Crippen LogP contribution >= 0.6 is 23.1 Å². The van der Waals surface area contributed by atoms with Crippen LogP contribution in [-0.2, 0) is 16.2 Å². The summed E-state index contributed by atoms with van der Waals surface area (Å²) in [5.74, 6) is 0.619. The second kappa shape index (κ2) is 20.0. The first-order chi connectivity index (χ1) is 29.3. The fourth-order valence-electron chi connectivity index (χ4n) is 6.02. The third-order valence-electron chi connectivity index (χ3n) is 9.07. The van der Waals surface area contributed by atoms with E-state index in [0.717, 1.165) is 21.6 Å². The lowest BCUT2D eigenvalue weighted by Crippen LogP contribution is -2.30. The molecular weight excluding hydrogens is 793 g/mol. The minimum atomic E-state index is -0.661. The van der Waals surface area contributed by atoms with Crippen LogP contribution in [0.1, 0.15) is 32.3 Å². The van der Waals surface area contributed by atoms with Gasteiger partial charge in [0.1, 0.15) is 23.3 Å². The number of amides is 3. The molecule has 0 fully saturated rings. The van der Waals surface area contributed by atoms with Crippen LogP contribution < -0.4 is 30.2 Å². The van der Waals surface area contributed by atoms with Gasteiger partial charge in [-0.25, -0.2) is 4.98 Å². The molecule has 0 aliphatic rings. The number of thiazole rings is 1. The Hall–Kier alpha value is -7.15. The minimum absolute atomic E-state index is 0.0392. The highest BCUT2D eigenvalue weighted by molar-refractivity contribution is 8.00. The molecule has 1 atom stereocenters. The molecule has 7 aromatic rings. The molecule has 0 aliphatic carbocycles. The number of hydrogen-bond donors (Lipinski definition) is 3. The number of anilines is 2. The van der Waals surface area contributed by atoms with Crippen LogP contribution in [0.3, 0.4) is 0 Å². The first-order valence-corrected chi connectivity index (χ1v) is 20.6. The summed E-state index contributed by atoms with van der Waals surface area (Å²) in [6.45, 7) is 0.416. The molecule has 60 heavy (non-hydrogen) atoms. The Balaban J connectivity index is 1.08. The highest BCUT2D eigenvalue weighted by Gasteiger charge is 2.24. The topological polar surface area (TPSA) is 128 Å². The molecule has 0 saturated carbocycles. The summed E-state index contributed by atoms with van der Waals surface area (Å²) < 4.78 is 16.8. The van der Waals surface area contributed by atoms with Gasteiger partial charge in [0, 0.05) is 27.1 Å². The first kappa shape index (κ1) is 41.0. The second-order valence-electron chi connectivity index (χ2n) is 13.2. The summed E-state index contributed by atoms with van der Waals surface area (Å²) >= 11 is 2.65. The molecule has 6 aromatic carbocycles. The quantitative estimate of drug-likeness (QED) is 0.0649. The number of carbonyl (C=O) groups excluding carboxylic acids is 3. The SMILES string of the molecule is COc1ccc(-c2csc(NC(=O)C(Sc3cccc(NC(=O)/C(=C/c4ccc(OCc5ccccc5)cc4)NC(=O)c4ccccc4)c3)c3ccccc3)n2)cc1OC. The Bertz CT molecular complexity index is 2580. The molecular formula is C48H40N4O6S2. The van der Waals surface area contributed by atoms with Crippen molar-refractivity contribution in [2.45, 2.75) is 16.8 Å². The number of nitrogens with zero attached hydrogens (tertiary/aromatic N) is 1. The van der Waals surface area contributed by atoms with Crippen LogP contribution in [0, 0.1) is 0 Å². The van der Waals surface area contributed by atoms with Gasteiger partial charge in [-0.05, 0) is 83.4 Å². The average Bonchev–Trinajstić information content (AvgIpc) is 3.76. The number of hydrogen-bond acceptors (Lipinski definition) is 9. The van der Waals surface area contributed by atoms with Crippen LogP contribution in [0.2, 0.25) is 0 Å². The molecule has 300 valence electrons. The molecule has 3 amide bonds. The van der Waals surface area contributed by atoms with E-state index in [1.807, 2.05) is 121 Å². The van der Waals surface area contributed by atoms with E-state index < -0.39 is 17.1 Å². The number of carbonyl (C=O) groups is 3. The van der Waals surface area contributed by atoms with Crippen molar-refractivity contribution in [2.24, 2.45) is 0 Å². The highest BCUT2D eigenvalue weighted by atomic mass is 32.2. The third kappa shape index (κ3) is 10.9. The van der Waals surface area contributed by atoms with E-state index in [4.69, 9.17) is 14.2 Å². The molecule has 1 aromatic heterocycles. The Morgan fingerprint density at radius 2 is 1.43 bits per heavy atom. The maximum absolute atomic E-state index is 14.0. The number of thioether (sulfide) groups is 1. The lowest BCUT2D eigenvalue weighted by molar-refractivity contribution is -0.116. The van der Waals surface area contributed by atoms with Gasteiger partial charge in [-0.15, -0.1) is 23.1 Å². The summed E-state index contributed by atoms with van der Waals surface area (Å²) in [6.07, 6.45) is 1.61. The van der Waals surface area contributed by atoms with E-state index in [9.17, 15) is 14.4 Å². The van der Waals surface area contributed by atoms with E-state index in [1.165, 1.54) is 23.1 Å². The van der Waals surface area contributed by atoms with Crippen LogP contribution in [0.5, 0.6) is 17.2 Å². The molecule has 0 spiro atoms. The maximum atomic E-state index is 14.0. The third-order valence-corrected chi connectivity index (χ3v) is 11.1. The van der Waals surface area contributed by atoms with E-state index in [1.54, 1.807) is 62.8 Å². The van der Waals surface area contributed by atoms with Crippen LogP contribution in [0.25, 0.3) is 17.3 Å². The zero-order valence-corrected chi connectivity index (χ0v) is 34.3. The van der Waals surface area contributed by atoms with Crippen molar-refractivity contribution in [3.05, 3.63) is 191 Å². The van der Waals surface area contributed by atoms with Gasteiger partial charge in [-0.1, -0.05) is 97.1 Å². The van der Waals surface area contributed by atoms with Crippen molar-refractivity contribution in [1.82, 2.24) is 10.3 Å². The molecule has 0 aliphatic heterocycles. The molecule has 0 saturated heterocycles. The standard InChI is InChI=1S/C48H40N4O6S2/c1-56-42-26-23-36(28-43(42)57-2)41-31-59-48(51-41)52-47(55)44(34-15-8-4-9-16-34)60-39-20-12-19-37(29-39)49-46(54)40(50-45(53)35-17-10-5-11-18-35)27-32-21-24-38(25-22-32)58-30-33-13-6-3-7-14-33/h3-29,31,44H,30H2,1-2H3,(H,49,54)(H,50,53)(H,51,52,55)/b40-27-. The van der Waals surface area contributed by atoms with E-state index in [0.29, 0.717) is 51.5 Å². The normalized spacial score (nSPS) is 11.5. The summed E-state index contributed by atoms with van der Waals surface area (Å²) in [4.78, 5) is 46.6. The van der Waals surface area contributed by atoms with Gasteiger partial charge in [0.25, 0.3) is 11.8 Å². The molecule has 0 bridgehead atoms. The zero-order chi connectivity index (χ0) is 41.7. The lowest BCUT2D eigenvalue weighted by atomic mass is 10.1. The number of benzene rings is 6. The van der Waals surface area contributed by atoms with Crippen molar-refractivity contribution >= 4 is 57.7 Å². The Morgan fingerprint density at radius 1 is 0.733 bits per heavy atom. The van der Waals surface area contributed by atoms with Crippen molar-refractivity contribution in [3.63, 3.8) is 0 Å². The Labute approximate surface area is 356 Å². The molecule has 12 heteroatoms. The first-order valence-electron chi connectivity index (χ1n) is 18.8. The molecule has 3 N–H and O–H groups in total. The number of methoxy groups -OCH3 is 2. The predicted octanol–water partition coefficient (Wildman–Crippen LogP) is 10.3. The van der Waals surface area contributed by atoms with Gasteiger partial charge in [-0.2, -0.15) is 0 Å². The second-order valence-corrected chi connectivity index (χ2v) is 15.2. The fourth-order valence-corrected chi connectivity index (χ4v) is 7.83. The summed E-state index contributed by atoms with van der Waals surface area (Å²) in [7, 11) is 3.15. The van der Waals surface area contributed by atoms with E-state index >= 15 is 0 Å². The zero-order valence-electron chi connectivity index (χ0n) is 32.7. The fraction of sp³-hybridized carbons (Fsp3) is 0.0833. The number of aromatic nitrogens is 1. The largest absolute Gasteiger partial charge is 0.493 e. The summed E-state index contributed by atoms with van der Waals surface area (Å²) in [6, 6.07) is 48.0. The van der Waals surface area contributed by atoms with Gasteiger partial charge in [0.2, 0.25) is 5.91 Å². The van der Waals surface area contributed by atoms with Crippen molar-refractivity contribution in [3.8, 4) is 28.5 Å². The lowest BCUT2D eigenvalue weighted by Gasteiger charge is -2.17. The monoisotopic (exact) mass is 832 g/mol. The Morgan fingerprint density at radius 3 is 2.15 bits per heavy atom. The van der Waals surface area contributed by atoms with Gasteiger partial charge in [0.05, 0.1) is 19.9 Å². The summed E-state index contributed by atoms with van der Waals surface area (Å²) in [5, 5.41) is 10.4. The van der Waals surface area contributed by atoms with Crippen molar-refractivity contribution < 1.29 is 28.6 Å². The van der Waals surface area contributed by atoms with Gasteiger partial charge in [-0.3, -0.25) is 14.4 Å². The van der Waals surface area contributed by atoms with Gasteiger partial charge >= 0.3 is 0 Å². The highest BCUT2D eigenvalue weighted by Crippen LogP contribution is 2.38. The molecule has 1 heterocycles. The average molecular weight is 833 g/mol. The number of nitrogens with one attached hydrogen (secondary N) is 3. The predicted molar refractivity (Wildman–Crippen MR) is 238 cm³/mol. The molecule has 7 rings (SSSR count). The van der Waals surface area contributed by atoms with Gasteiger partial charge < -0.3 is 30.2 Å². The van der Waals surface area contributed by atoms with Crippen molar-refractivity contribution in [1.29, 1.82) is 0 Å². The van der Waals surface area contributed by atoms with Crippen LogP contribution in [0.15, 0.2) is 174 Å². The minimum Gasteiger partial charge on any atom is -0.493 e. The molecule has 0 radical (unpaired) electrons. The maximum Gasteiger partial charge on any atom is 0.272 e. The van der Waals surface area contributed by atoms with Gasteiger partial charge in [0.15, 0.2) is 16.6 Å². The molecule has 10 nitrogen and oxygen atoms in total. The van der Waals surface area contributed by atoms with E-state index in [2.05, 4.69) is 20.9 Å². The van der Waals surface area contributed by atoms with Crippen LogP contribution in [-0.4, -0.2) is 36.9 Å². The Kier molecular flexibility index (Phi) is 13.7. The molecule has 1 unspecified atom stereocenters. The van der Waals surface area contributed by atoms with Crippen molar-refractivity contribution in [2.75, 3.05) is 24.9 Å². The van der Waals surface area contributed by atoms with Crippen LogP contribution in [0.4, 0.5) is 10.8 Å². The van der Waals surface area contributed by atoms with E-state index in [-0.39, 0.29) is 11.6 Å². The number of ether oxygens (including phenoxy) is 3.